The lowest BCUT2D eigenvalue weighted by Crippen LogP contribution is -2.21. The highest BCUT2D eigenvalue weighted by atomic mass is 16.5. The van der Waals surface area contributed by atoms with Crippen LogP contribution in [-0.2, 0) is 11.3 Å². The predicted molar refractivity (Wildman–Crippen MR) is 81.4 cm³/mol. The van der Waals surface area contributed by atoms with Crippen molar-refractivity contribution in [2.75, 3.05) is 19.8 Å². The summed E-state index contributed by atoms with van der Waals surface area (Å²) in [5, 5.41) is 3.59. The number of rotatable bonds is 10. The van der Waals surface area contributed by atoms with Crippen LogP contribution in [0.5, 0.6) is 0 Å². The lowest BCUT2D eigenvalue weighted by molar-refractivity contribution is 0.103. The highest BCUT2D eigenvalue weighted by molar-refractivity contribution is 5.15. The Bertz CT molecular complexity index is 333. The largest absolute Gasteiger partial charge is 0.379 e. The van der Waals surface area contributed by atoms with Crippen LogP contribution in [0.3, 0.4) is 0 Å². The van der Waals surface area contributed by atoms with Gasteiger partial charge in [-0.25, -0.2) is 0 Å². The topological polar surface area (TPSA) is 26.2 Å². The molecule has 0 radical (unpaired) electrons. The summed E-state index contributed by atoms with van der Waals surface area (Å²) >= 11 is 0. The Morgan fingerprint density at radius 3 is 2.74 bits per heavy atom. The molecule has 0 saturated heterocycles. The van der Waals surface area contributed by atoms with Crippen molar-refractivity contribution in [3.63, 3.8) is 0 Å². The third-order valence-corrected chi connectivity index (χ3v) is 3.17. The Balaban J connectivity index is 2.37. The van der Waals surface area contributed by atoms with E-state index in [0.29, 0.717) is 12.0 Å². The third kappa shape index (κ3) is 6.26. The van der Waals surface area contributed by atoms with Crippen LogP contribution < -0.4 is 5.32 Å². The van der Waals surface area contributed by atoms with Crippen molar-refractivity contribution in [2.45, 2.75) is 53.1 Å². The van der Waals surface area contributed by atoms with E-state index in [0.717, 1.165) is 32.7 Å². The SMILES string of the molecule is CCCNC(CC)c1ccn(CCOCC(C)C)c1. The lowest BCUT2D eigenvalue weighted by Gasteiger charge is -2.15. The molecule has 1 aromatic rings. The molecule has 110 valence electrons. The Morgan fingerprint density at radius 1 is 1.32 bits per heavy atom. The van der Waals surface area contributed by atoms with Crippen LogP contribution in [0.4, 0.5) is 0 Å². The molecule has 0 fully saturated rings. The maximum atomic E-state index is 5.62. The monoisotopic (exact) mass is 266 g/mol. The van der Waals surface area contributed by atoms with Gasteiger partial charge in [-0.3, -0.25) is 0 Å². The fourth-order valence-corrected chi connectivity index (χ4v) is 2.11. The minimum atomic E-state index is 0.484. The summed E-state index contributed by atoms with van der Waals surface area (Å²) in [5.41, 5.74) is 1.39. The predicted octanol–water partition coefficient (Wildman–Crippen LogP) is 3.61. The van der Waals surface area contributed by atoms with Crippen LogP contribution in [0.1, 0.15) is 52.1 Å². The van der Waals surface area contributed by atoms with Crippen molar-refractivity contribution in [3.8, 4) is 0 Å². The number of nitrogens with zero attached hydrogens (tertiary/aromatic N) is 1. The number of aromatic nitrogens is 1. The zero-order chi connectivity index (χ0) is 14.1. The highest BCUT2D eigenvalue weighted by Crippen LogP contribution is 2.16. The van der Waals surface area contributed by atoms with Crippen LogP contribution in [0.15, 0.2) is 18.5 Å². The molecular formula is C16H30N2O. The van der Waals surface area contributed by atoms with Crippen LogP contribution in [-0.4, -0.2) is 24.3 Å². The van der Waals surface area contributed by atoms with Crippen LogP contribution >= 0.6 is 0 Å². The zero-order valence-corrected chi connectivity index (χ0v) is 13.0. The average Bonchev–Trinajstić information content (AvgIpc) is 2.84. The first-order chi connectivity index (χ1) is 9.17. The van der Waals surface area contributed by atoms with Gasteiger partial charge in [0, 0.05) is 31.6 Å². The van der Waals surface area contributed by atoms with Crippen LogP contribution in [0, 0.1) is 5.92 Å². The lowest BCUT2D eigenvalue weighted by atomic mass is 10.1. The van der Waals surface area contributed by atoms with Crippen molar-refractivity contribution < 1.29 is 4.74 Å². The van der Waals surface area contributed by atoms with Crippen LogP contribution in [0.2, 0.25) is 0 Å². The van der Waals surface area contributed by atoms with Gasteiger partial charge in [-0.2, -0.15) is 0 Å². The molecule has 0 amide bonds. The van der Waals surface area contributed by atoms with Gasteiger partial charge in [0.25, 0.3) is 0 Å². The van der Waals surface area contributed by atoms with Gasteiger partial charge in [0.05, 0.1) is 6.61 Å². The molecule has 1 unspecified atom stereocenters. The standard InChI is InChI=1S/C16H30N2O/c1-5-8-17-16(6-2)15-7-9-18(12-15)10-11-19-13-14(3)4/h7,9,12,14,16-17H,5-6,8,10-11,13H2,1-4H3. The molecule has 3 heteroatoms. The van der Waals surface area contributed by atoms with Crippen molar-refractivity contribution in [2.24, 2.45) is 5.92 Å². The van der Waals surface area contributed by atoms with Gasteiger partial charge in [0.1, 0.15) is 0 Å². The van der Waals surface area contributed by atoms with Gasteiger partial charge in [-0.1, -0.05) is 27.7 Å². The Morgan fingerprint density at radius 2 is 2.11 bits per heavy atom. The molecule has 1 aromatic heterocycles. The van der Waals surface area contributed by atoms with Crippen molar-refractivity contribution in [3.05, 3.63) is 24.0 Å². The van der Waals surface area contributed by atoms with Gasteiger partial charge < -0.3 is 14.6 Å². The minimum absolute atomic E-state index is 0.484. The van der Waals surface area contributed by atoms with Gasteiger partial charge in [-0.05, 0) is 36.9 Å². The van der Waals surface area contributed by atoms with Gasteiger partial charge in [0.2, 0.25) is 0 Å². The van der Waals surface area contributed by atoms with E-state index < -0.39 is 0 Å². The van der Waals surface area contributed by atoms with Gasteiger partial charge in [0.15, 0.2) is 0 Å². The fourth-order valence-electron chi connectivity index (χ4n) is 2.11. The van der Waals surface area contributed by atoms with E-state index in [9.17, 15) is 0 Å². The summed E-state index contributed by atoms with van der Waals surface area (Å²) in [6.07, 6.45) is 6.72. The molecule has 0 aliphatic heterocycles. The van der Waals surface area contributed by atoms with E-state index in [1.165, 1.54) is 12.0 Å². The van der Waals surface area contributed by atoms with Crippen molar-refractivity contribution >= 4 is 0 Å². The van der Waals surface area contributed by atoms with E-state index >= 15 is 0 Å². The smallest absolute Gasteiger partial charge is 0.0645 e. The molecule has 0 saturated carbocycles. The first kappa shape index (κ1) is 16.3. The third-order valence-electron chi connectivity index (χ3n) is 3.17. The summed E-state index contributed by atoms with van der Waals surface area (Å²) in [5.74, 6) is 0.614. The zero-order valence-electron chi connectivity index (χ0n) is 13.0. The second kappa shape index (κ2) is 9.16. The average molecular weight is 266 g/mol. The molecule has 0 aliphatic carbocycles. The highest BCUT2D eigenvalue weighted by Gasteiger charge is 2.09. The van der Waals surface area contributed by atoms with E-state index in [1.807, 2.05) is 0 Å². The molecule has 0 bridgehead atoms. The van der Waals surface area contributed by atoms with Crippen LogP contribution in [0.25, 0.3) is 0 Å². The molecule has 0 aromatic carbocycles. The Hall–Kier alpha value is -0.800. The maximum Gasteiger partial charge on any atom is 0.0645 e. The Kier molecular flexibility index (Phi) is 7.84. The molecule has 1 atom stereocenters. The summed E-state index contributed by atoms with van der Waals surface area (Å²) in [4.78, 5) is 0. The minimum Gasteiger partial charge on any atom is -0.379 e. The summed E-state index contributed by atoms with van der Waals surface area (Å²) in [7, 11) is 0. The molecule has 0 aliphatic rings. The first-order valence-electron chi connectivity index (χ1n) is 7.64. The second-order valence-electron chi connectivity index (χ2n) is 5.57. The molecule has 1 rings (SSSR count). The van der Waals surface area contributed by atoms with E-state index in [2.05, 4.69) is 56.0 Å². The van der Waals surface area contributed by atoms with E-state index in [4.69, 9.17) is 4.74 Å². The summed E-state index contributed by atoms with van der Waals surface area (Å²) in [6.45, 7) is 12.5. The summed E-state index contributed by atoms with van der Waals surface area (Å²) < 4.78 is 7.85. The second-order valence-corrected chi connectivity index (χ2v) is 5.57. The molecule has 19 heavy (non-hydrogen) atoms. The Labute approximate surface area is 118 Å². The molecule has 0 spiro atoms. The van der Waals surface area contributed by atoms with Crippen molar-refractivity contribution in [1.82, 2.24) is 9.88 Å². The quantitative estimate of drug-likeness (QED) is 0.655. The van der Waals surface area contributed by atoms with E-state index in [1.54, 1.807) is 0 Å². The first-order valence-corrected chi connectivity index (χ1v) is 7.64. The molecule has 1 N–H and O–H groups in total. The summed E-state index contributed by atoms with van der Waals surface area (Å²) in [6, 6.07) is 2.71. The molecule has 3 nitrogen and oxygen atoms in total. The van der Waals surface area contributed by atoms with Gasteiger partial charge >= 0.3 is 0 Å². The number of hydrogen-bond donors (Lipinski definition) is 1. The van der Waals surface area contributed by atoms with E-state index in [-0.39, 0.29) is 0 Å². The number of nitrogens with one attached hydrogen (secondary N) is 1. The maximum absolute atomic E-state index is 5.62. The van der Waals surface area contributed by atoms with Gasteiger partial charge in [-0.15, -0.1) is 0 Å². The molecular weight excluding hydrogens is 236 g/mol. The van der Waals surface area contributed by atoms with Crippen molar-refractivity contribution in [1.29, 1.82) is 0 Å². The fraction of sp³-hybridized carbons (Fsp3) is 0.750. The molecule has 1 heterocycles. The normalized spacial score (nSPS) is 13.1. The number of hydrogen-bond acceptors (Lipinski definition) is 2. The number of ether oxygens (including phenoxy) is 1.